The number of sulfonamides is 1. The quantitative estimate of drug-likeness (QED) is 0.413. The van der Waals surface area contributed by atoms with Crippen molar-refractivity contribution in [2.45, 2.75) is 23.7 Å². The SMILES string of the molecule is O=C(Cc1cncc(F)c1)c1cc2cc(C3CCN(S(=O)(=O)c4ccc(F)cc4)C3)ccc2[nH]1. The number of halogens is 2. The molecule has 1 unspecified atom stereocenters. The molecule has 34 heavy (non-hydrogen) atoms. The second-order valence-corrected chi connectivity index (χ2v) is 10.4. The Kier molecular flexibility index (Phi) is 5.75. The van der Waals surface area contributed by atoms with Crippen LogP contribution in [0.1, 0.15) is 34.0 Å². The lowest BCUT2D eigenvalue weighted by Crippen LogP contribution is -2.28. The van der Waals surface area contributed by atoms with Gasteiger partial charge in [-0.25, -0.2) is 17.2 Å². The van der Waals surface area contributed by atoms with E-state index in [9.17, 15) is 22.0 Å². The molecule has 0 radical (unpaired) electrons. The number of H-pyrrole nitrogens is 1. The van der Waals surface area contributed by atoms with E-state index in [2.05, 4.69) is 9.97 Å². The summed E-state index contributed by atoms with van der Waals surface area (Å²) in [6.45, 7) is 0.703. The summed E-state index contributed by atoms with van der Waals surface area (Å²) >= 11 is 0. The molecule has 1 N–H and O–H groups in total. The number of aromatic amines is 1. The third kappa shape index (κ3) is 4.36. The van der Waals surface area contributed by atoms with Gasteiger partial charge in [0.1, 0.15) is 11.6 Å². The molecule has 9 heteroatoms. The third-order valence-corrected chi connectivity index (χ3v) is 8.02. The molecule has 0 amide bonds. The van der Waals surface area contributed by atoms with Crippen LogP contribution in [-0.4, -0.2) is 41.6 Å². The van der Waals surface area contributed by atoms with Crippen LogP contribution in [0.25, 0.3) is 10.9 Å². The molecule has 0 spiro atoms. The fourth-order valence-corrected chi connectivity index (χ4v) is 5.86. The third-order valence-electron chi connectivity index (χ3n) is 6.15. The molecule has 0 saturated carbocycles. The van der Waals surface area contributed by atoms with Gasteiger partial charge in [0.05, 0.1) is 16.8 Å². The molecular formula is C25H21F2N3O3S. The average Bonchev–Trinajstić information content (AvgIpc) is 3.47. The number of hydrogen-bond acceptors (Lipinski definition) is 4. The number of ketones is 1. The first kappa shape index (κ1) is 22.4. The van der Waals surface area contributed by atoms with Gasteiger partial charge in [-0.05, 0) is 72.0 Å². The Balaban J connectivity index is 1.33. The lowest BCUT2D eigenvalue weighted by molar-refractivity contribution is 0.0989. The van der Waals surface area contributed by atoms with E-state index in [0.717, 1.165) is 34.8 Å². The Morgan fingerprint density at radius 2 is 1.82 bits per heavy atom. The molecule has 174 valence electrons. The molecule has 1 atom stereocenters. The fourth-order valence-electron chi connectivity index (χ4n) is 4.36. The second kappa shape index (κ2) is 8.73. The van der Waals surface area contributed by atoms with Crippen LogP contribution in [0.3, 0.4) is 0 Å². The topological polar surface area (TPSA) is 83.1 Å². The van der Waals surface area contributed by atoms with Crippen molar-refractivity contribution in [1.29, 1.82) is 0 Å². The van der Waals surface area contributed by atoms with Crippen LogP contribution in [0, 0.1) is 11.6 Å². The lowest BCUT2D eigenvalue weighted by atomic mass is 9.97. The zero-order valence-corrected chi connectivity index (χ0v) is 18.9. The Bertz CT molecular complexity index is 1480. The maximum atomic E-state index is 13.4. The van der Waals surface area contributed by atoms with Crippen LogP contribution < -0.4 is 0 Å². The molecule has 4 aromatic rings. The van der Waals surface area contributed by atoms with Crippen molar-refractivity contribution in [2.75, 3.05) is 13.1 Å². The summed E-state index contributed by atoms with van der Waals surface area (Å²) in [7, 11) is -3.69. The zero-order chi connectivity index (χ0) is 23.9. The van der Waals surface area contributed by atoms with E-state index in [4.69, 9.17) is 0 Å². The van der Waals surface area contributed by atoms with Gasteiger partial charge in [0, 0.05) is 36.6 Å². The molecular weight excluding hydrogens is 460 g/mol. The van der Waals surface area contributed by atoms with Crippen molar-refractivity contribution in [3.63, 3.8) is 0 Å². The molecule has 1 aliphatic rings. The highest BCUT2D eigenvalue weighted by Gasteiger charge is 2.33. The number of nitrogens with one attached hydrogen (secondary N) is 1. The van der Waals surface area contributed by atoms with Crippen LogP contribution in [0.5, 0.6) is 0 Å². The van der Waals surface area contributed by atoms with Gasteiger partial charge in [-0.1, -0.05) is 6.07 Å². The van der Waals surface area contributed by atoms with Crippen molar-refractivity contribution in [2.24, 2.45) is 0 Å². The van der Waals surface area contributed by atoms with Gasteiger partial charge in [0.2, 0.25) is 10.0 Å². The Hall–Kier alpha value is -3.43. The maximum Gasteiger partial charge on any atom is 0.243 e. The molecule has 0 bridgehead atoms. The number of nitrogens with zero attached hydrogens (tertiary/aromatic N) is 2. The van der Waals surface area contributed by atoms with E-state index < -0.39 is 21.7 Å². The summed E-state index contributed by atoms with van der Waals surface area (Å²) in [5.41, 5.74) is 2.69. The number of carbonyl (C=O) groups excluding carboxylic acids is 1. The molecule has 0 aliphatic carbocycles. The summed E-state index contributed by atoms with van der Waals surface area (Å²) in [6, 6.07) is 13.7. The molecule has 3 heterocycles. The minimum absolute atomic E-state index is 0.00652. The highest BCUT2D eigenvalue weighted by atomic mass is 32.2. The summed E-state index contributed by atoms with van der Waals surface area (Å²) in [5.74, 6) is -1.14. The molecule has 5 rings (SSSR count). The monoisotopic (exact) mass is 481 g/mol. The number of hydrogen-bond donors (Lipinski definition) is 1. The van der Waals surface area contributed by atoms with Gasteiger partial charge < -0.3 is 4.98 Å². The second-order valence-electron chi connectivity index (χ2n) is 8.44. The number of fused-ring (bicyclic) bond motifs is 1. The van der Waals surface area contributed by atoms with Crippen LogP contribution in [0.15, 0.2) is 71.9 Å². The van der Waals surface area contributed by atoms with E-state index in [1.54, 1.807) is 6.07 Å². The van der Waals surface area contributed by atoms with Gasteiger partial charge in [-0.15, -0.1) is 0 Å². The number of pyridine rings is 1. The summed E-state index contributed by atoms with van der Waals surface area (Å²) in [6.07, 6.45) is 3.25. The minimum Gasteiger partial charge on any atom is -0.352 e. The number of carbonyl (C=O) groups is 1. The molecule has 2 aromatic heterocycles. The first-order chi connectivity index (χ1) is 16.3. The minimum atomic E-state index is -3.69. The normalized spacial score (nSPS) is 16.8. The van der Waals surface area contributed by atoms with Crippen LogP contribution >= 0.6 is 0 Å². The average molecular weight is 482 g/mol. The van der Waals surface area contributed by atoms with Crippen LogP contribution in [0.2, 0.25) is 0 Å². The fraction of sp³-hybridized carbons (Fsp3) is 0.200. The number of Topliss-reactive ketones (excluding diaryl/α,β-unsaturated/α-hetero) is 1. The summed E-state index contributed by atoms with van der Waals surface area (Å²) in [5, 5.41) is 0.845. The van der Waals surface area contributed by atoms with E-state index >= 15 is 0 Å². The molecule has 1 fully saturated rings. The van der Waals surface area contributed by atoms with Crippen molar-refractivity contribution in [1.82, 2.24) is 14.3 Å². The maximum absolute atomic E-state index is 13.4. The summed E-state index contributed by atoms with van der Waals surface area (Å²) in [4.78, 5) is 19.6. The van der Waals surface area contributed by atoms with E-state index in [1.807, 2.05) is 18.2 Å². The van der Waals surface area contributed by atoms with Crippen molar-refractivity contribution in [3.05, 3.63) is 95.4 Å². The standard InChI is InChI=1S/C25H21F2N3O3S/c26-20-2-4-22(5-3-20)34(32,33)30-8-7-18(15-30)17-1-6-23-19(11-17)12-24(29-23)25(31)10-16-9-21(27)14-28-13-16/h1-6,9,11-14,18,29H,7-8,10,15H2. The van der Waals surface area contributed by atoms with Gasteiger partial charge in [-0.3, -0.25) is 9.78 Å². The van der Waals surface area contributed by atoms with Crippen molar-refractivity contribution >= 4 is 26.7 Å². The molecule has 1 aliphatic heterocycles. The Labute approximate surface area is 195 Å². The van der Waals surface area contributed by atoms with Gasteiger partial charge in [0.25, 0.3) is 0 Å². The predicted octanol–water partition coefficient (Wildman–Crippen LogP) is 4.44. The lowest BCUT2D eigenvalue weighted by Gasteiger charge is -2.17. The van der Waals surface area contributed by atoms with Crippen molar-refractivity contribution in [3.8, 4) is 0 Å². The largest absolute Gasteiger partial charge is 0.352 e. The molecule has 1 saturated heterocycles. The van der Waals surface area contributed by atoms with Crippen LogP contribution in [-0.2, 0) is 16.4 Å². The van der Waals surface area contributed by atoms with Crippen molar-refractivity contribution < 1.29 is 22.0 Å². The first-order valence-corrected chi connectivity index (χ1v) is 12.2. The smallest absolute Gasteiger partial charge is 0.243 e. The number of rotatable bonds is 6. The van der Waals surface area contributed by atoms with E-state index in [0.29, 0.717) is 30.8 Å². The van der Waals surface area contributed by atoms with Gasteiger partial charge in [-0.2, -0.15) is 4.31 Å². The molecule has 6 nitrogen and oxygen atoms in total. The van der Waals surface area contributed by atoms with Gasteiger partial charge >= 0.3 is 0 Å². The highest BCUT2D eigenvalue weighted by molar-refractivity contribution is 7.89. The highest BCUT2D eigenvalue weighted by Crippen LogP contribution is 2.33. The first-order valence-electron chi connectivity index (χ1n) is 10.8. The predicted molar refractivity (Wildman–Crippen MR) is 123 cm³/mol. The van der Waals surface area contributed by atoms with E-state index in [-0.39, 0.29) is 23.0 Å². The summed E-state index contributed by atoms with van der Waals surface area (Å²) < 4.78 is 53.8. The zero-order valence-electron chi connectivity index (χ0n) is 18.0. The van der Waals surface area contributed by atoms with Crippen LogP contribution in [0.4, 0.5) is 8.78 Å². The number of benzene rings is 2. The Morgan fingerprint density at radius 1 is 1.03 bits per heavy atom. The molecule has 2 aromatic carbocycles. The number of aromatic nitrogens is 2. The van der Waals surface area contributed by atoms with Gasteiger partial charge in [0.15, 0.2) is 5.78 Å². The Morgan fingerprint density at radius 3 is 2.59 bits per heavy atom. The van der Waals surface area contributed by atoms with E-state index in [1.165, 1.54) is 28.7 Å².